The van der Waals surface area contributed by atoms with Crippen LogP contribution in [0.1, 0.15) is 5.76 Å². The minimum absolute atomic E-state index is 0.124. The van der Waals surface area contributed by atoms with Crippen molar-refractivity contribution in [1.82, 2.24) is 0 Å². The molecule has 15 heavy (non-hydrogen) atoms. The molecular formula is C11H9O3S. The van der Waals surface area contributed by atoms with Crippen LogP contribution in [0.25, 0.3) is 0 Å². The van der Waals surface area contributed by atoms with Crippen LogP contribution in [0.5, 0.6) is 0 Å². The van der Waals surface area contributed by atoms with E-state index in [9.17, 15) is 8.42 Å². The van der Waals surface area contributed by atoms with Gasteiger partial charge in [0.25, 0.3) is 0 Å². The molecule has 2 aromatic rings. The lowest BCUT2D eigenvalue weighted by atomic mass is 10.4. The van der Waals surface area contributed by atoms with Gasteiger partial charge in [-0.15, -0.1) is 0 Å². The second-order valence-electron chi connectivity index (χ2n) is 3.07. The van der Waals surface area contributed by atoms with E-state index in [1.807, 2.05) is 0 Å². The minimum Gasteiger partial charge on any atom is -0.468 e. The summed E-state index contributed by atoms with van der Waals surface area (Å²) in [6.07, 6.45) is 1.46. The Morgan fingerprint density at radius 1 is 1.20 bits per heavy atom. The Labute approximate surface area is 88.3 Å². The Morgan fingerprint density at radius 2 is 2.07 bits per heavy atom. The fraction of sp³-hybridized carbons (Fsp3) is 0.0909. The van der Waals surface area contributed by atoms with E-state index in [1.165, 1.54) is 12.3 Å². The van der Waals surface area contributed by atoms with Gasteiger partial charge in [-0.2, -0.15) is 0 Å². The van der Waals surface area contributed by atoms with E-state index < -0.39 is 9.84 Å². The molecule has 0 spiro atoms. The summed E-state index contributed by atoms with van der Waals surface area (Å²) in [5.41, 5.74) is 0. The summed E-state index contributed by atoms with van der Waals surface area (Å²) in [5.74, 6) is 0.313. The number of rotatable bonds is 3. The van der Waals surface area contributed by atoms with Crippen LogP contribution in [-0.4, -0.2) is 8.42 Å². The Hall–Kier alpha value is -1.55. The van der Waals surface area contributed by atoms with Crippen molar-refractivity contribution >= 4 is 9.84 Å². The summed E-state index contributed by atoms with van der Waals surface area (Å²) in [7, 11) is -3.33. The van der Waals surface area contributed by atoms with Crippen molar-refractivity contribution in [2.75, 3.05) is 0 Å². The van der Waals surface area contributed by atoms with E-state index in [4.69, 9.17) is 4.42 Å². The van der Waals surface area contributed by atoms with Crippen molar-refractivity contribution in [3.63, 3.8) is 0 Å². The highest BCUT2D eigenvalue weighted by Crippen LogP contribution is 2.15. The second-order valence-corrected chi connectivity index (χ2v) is 5.02. The Morgan fingerprint density at radius 3 is 2.67 bits per heavy atom. The summed E-state index contributed by atoms with van der Waals surface area (Å²) in [4.78, 5) is 0.196. The molecule has 1 aromatic carbocycles. The van der Waals surface area contributed by atoms with Gasteiger partial charge in [-0.1, -0.05) is 18.2 Å². The van der Waals surface area contributed by atoms with Crippen molar-refractivity contribution in [2.24, 2.45) is 0 Å². The molecule has 4 heteroatoms. The molecule has 0 aliphatic rings. The summed E-state index contributed by atoms with van der Waals surface area (Å²) in [5, 5.41) is 0. The van der Waals surface area contributed by atoms with E-state index in [0.717, 1.165) is 0 Å². The average molecular weight is 221 g/mol. The zero-order valence-corrected chi connectivity index (χ0v) is 8.70. The van der Waals surface area contributed by atoms with Crippen LogP contribution in [0.15, 0.2) is 52.0 Å². The van der Waals surface area contributed by atoms with Gasteiger partial charge in [0.1, 0.15) is 11.5 Å². The van der Waals surface area contributed by atoms with Crippen LogP contribution < -0.4 is 0 Å². The molecule has 2 rings (SSSR count). The number of hydrogen-bond donors (Lipinski definition) is 0. The lowest BCUT2D eigenvalue weighted by molar-refractivity contribution is 0.520. The first-order valence-corrected chi connectivity index (χ1v) is 6.05. The van der Waals surface area contributed by atoms with Gasteiger partial charge in [0.2, 0.25) is 0 Å². The summed E-state index contributed by atoms with van der Waals surface area (Å²) in [6, 6.07) is 12.5. The van der Waals surface area contributed by atoms with Crippen LogP contribution in [0.2, 0.25) is 0 Å². The van der Waals surface area contributed by atoms with Crippen molar-refractivity contribution in [3.8, 4) is 0 Å². The minimum atomic E-state index is -3.33. The summed E-state index contributed by atoms with van der Waals surface area (Å²) in [6.45, 7) is 0. The predicted octanol–water partition coefficient (Wildman–Crippen LogP) is 2.05. The summed E-state index contributed by atoms with van der Waals surface area (Å²) < 4.78 is 28.6. The number of sulfone groups is 1. The molecule has 0 aliphatic carbocycles. The number of benzene rings is 1. The fourth-order valence-corrected chi connectivity index (χ4v) is 2.46. The monoisotopic (exact) mass is 221 g/mol. The van der Waals surface area contributed by atoms with Crippen LogP contribution >= 0.6 is 0 Å². The SMILES string of the molecule is O=S(=O)(Cc1ccco1)c1[c]cccc1. The van der Waals surface area contributed by atoms with E-state index in [2.05, 4.69) is 6.07 Å². The third kappa shape index (κ3) is 2.27. The third-order valence-corrected chi connectivity index (χ3v) is 3.52. The maximum absolute atomic E-state index is 11.8. The smallest absolute Gasteiger partial charge is 0.186 e. The van der Waals surface area contributed by atoms with Gasteiger partial charge in [0.15, 0.2) is 9.84 Å². The molecule has 1 aromatic heterocycles. The average Bonchev–Trinajstić information content (AvgIpc) is 2.71. The first-order chi connectivity index (χ1) is 7.18. The second kappa shape index (κ2) is 3.90. The Kier molecular flexibility index (Phi) is 2.60. The van der Waals surface area contributed by atoms with Crippen LogP contribution in [0, 0.1) is 6.07 Å². The standard InChI is InChI=1S/C11H9O3S/c12-15(13,9-10-5-4-8-14-10)11-6-2-1-3-7-11/h1-6,8H,9H2. The largest absolute Gasteiger partial charge is 0.468 e. The molecule has 0 unspecified atom stereocenters. The van der Waals surface area contributed by atoms with Crippen molar-refractivity contribution in [3.05, 3.63) is 54.5 Å². The Balaban J connectivity index is 2.29. The molecule has 3 nitrogen and oxygen atoms in total. The highest BCUT2D eigenvalue weighted by molar-refractivity contribution is 7.90. The van der Waals surface area contributed by atoms with E-state index in [1.54, 1.807) is 30.3 Å². The maximum atomic E-state index is 11.8. The molecule has 1 radical (unpaired) electrons. The normalized spacial score (nSPS) is 11.5. The predicted molar refractivity (Wildman–Crippen MR) is 54.9 cm³/mol. The maximum Gasteiger partial charge on any atom is 0.186 e. The van der Waals surface area contributed by atoms with E-state index in [-0.39, 0.29) is 10.6 Å². The lowest BCUT2D eigenvalue weighted by Gasteiger charge is -2.00. The van der Waals surface area contributed by atoms with E-state index >= 15 is 0 Å². The highest BCUT2D eigenvalue weighted by Gasteiger charge is 2.16. The van der Waals surface area contributed by atoms with Crippen molar-refractivity contribution in [2.45, 2.75) is 10.6 Å². The van der Waals surface area contributed by atoms with Gasteiger partial charge >= 0.3 is 0 Å². The van der Waals surface area contributed by atoms with Crippen LogP contribution in [0.4, 0.5) is 0 Å². The van der Waals surface area contributed by atoms with Gasteiger partial charge in [-0.25, -0.2) is 8.42 Å². The highest BCUT2D eigenvalue weighted by atomic mass is 32.2. The van der Waals surface area contributed by atoms with Gasteiger partial charge in [0, 0.05) is 6.07 Å². The molecule has 1 heterocycles. The fourth-order valence-electron chi connectivity index (χ4n) is 1.23. The number of furan rings is 1. The zero-order valence-electron chi connectivity index (χ0n) is 7.88. The molecule has 0 saturated carbocycles. The molecule has 0 fully saturated rings. The van der Waals surface area contributed by atoms with E-state index in [0.29, 0.717) is 5.76 Å². The van der Waals surface area contributed by atoms with Gasteiger partial charge < -0.3 is 4.42 Å². The topological polar surface area (TPSA) is 47.3 Å². The third-order valence-electron chi connectivity index (χ3n) is 1.93. The molecule has 0 amide bonds. The first kappa shape index (κ1) is 9.98. The zero-order chi connectivity index (χ0) is 10.7. The van der Waals surface area contributed by atoms with Crippen LogP contribution in [-0.2, 0) is 15.6 Å². The first-order valence-electron chi connectivity index (χ1n) is 4.40. The molecule has 0 aliphatic heterocycles. The molecule has 77 valence electrons. The van der Waals surface area contributed by atoms with Gasteiger partial charge in [-0.3, -0.25) is 0 Å². The van der Waals surface area contributed by atoms with Gasteiger partial charge in [-0.05, 0) is 18.2 Å². The lowest BCUT2D eigenvalue weighted by Crippen LogP contribution is -2.03. The van der Waals surface area contributed by atoms with Crippen molar-refractivity contribution in [1.29, 1.82) is 0 Å². The molecule has 0 bridgehead atoms. The van der Waals surface area contributed by atoms with Crippen LogP contribution in [0.3, 0.4) is 0 Å². The number of hydrogen-bond acceptors (Lipinski definition) is 3. The molecule has 0 saturated heterocycles. The Bertz CT molecular complexity index is 512. The van der Waals surface area contributed by atoms with Gasteiger partial charge in [0.05, 0.1) is 11.2 Å². The molecule has 0 N–H and O–H groups in total. The summed E-state index contributed by atoms with van der Waals surface area (Å²) >= 11 is 0. The molecule has 0 atom stereocenters. The molecular weight excluding hydrogens is 212 g/mol. The quantitative estimate of drug-likeness (QED) is 0.797. The van der Waals surface area contributed by atoms with Crippen molar-refractivity contribution < 1.29 is 12.8 Å².